The third-order valence-electron chi connectivity index (χ3n) is 9.01. The van der Waals surface area contributed by atoms with Crippen LogP contribution in [0.15, 0.2) is 126 Å². The molecule has 1 aliphatic heterocycles. The Morgan fingerprint density at radius 2 is 1.40 bits per heavy atom. The van der Waals surface area contributed by atoms with E-state index in [2.05, 4.69) is 53.1 Å². The molecule has 0 unspecified atom stereocenters. The van der Waals surface area contributed by atoms with Crippen LogP contribution in [-0.4, -0.2) is 13.0 Å². The molecule has 3 heterocycles. The molecule has 6 aromatic carbocycles. The molecule has 8 aromatic rings. The van der Waals surface area contributed by atoms with Gasteiger partial charge >= 0.3 is 0 Å². The second kappa shape index (κ2) is 9.43. The second-order valence-electron chi connectivity index (χ2n) is 11.7. The molecular weight excluding hydrogens is 577 g/mol. The summed E-state index contributed by atoms with van der Waals surface area (Å²) in [4.78, 5) is 0. The highest BCUT2D eigenvalue weighted by Gasteiger charge is 2.26. The summed E-state index contributed by atoms with van der Waals surface area (Å²) < 4.78 is 35.3. The number of nitriles is 1. The summed E-state index contributed by atoms with van der Waals surface area (Å²) >= 11 is 0. The van der Waals surface area contributed by atoms with Crippen LogP contribution in [0.4, 0.5) is 0 Å². The molecule has 0 radical (unpaired) electrons. The Balaban J connectivity index is 1.26. The van der Waals surface area contributed by atoms with E-state index in [0.29, 0.717) is 5.56 Å². The van der Waals surface area contributed by atoms with Gasteiger partial charge in [-0.25, -0.2) is 8.42 Å². The number of sulfone groups is 1. The highest BCUT2D eigenvalue weighted by molar-refractivity contribution is 7.89. The van der Waals surface area contributed by atoms with Crippen molar-refractivity contribution in [3.05, 3.63) is 138 Å². The molecule has 0 saturated heterocycles. The third-order valence-corrected chi connectivity index (χ3v) is 10.5. The summed E-state index contributed by atoms with van der Waals surface area (Å²) in [6.07, 6.45) is 0. The summed E-state index contributed by atoms with van der Waals surface area (Å²) in [5.74, 6) is -0.0599. The topological polar surface area (TPSA) is 76.0 Å². The van der Waals surface area contributed by atoms with Gasteiger partial charge in [-0.1, -0.05) is 66.7 Å². The fourth-order valence-electron chi connectivity index (χ4n) is 7.08. The zero-order valence-corrected chi connectivity index (χ0v) is 24.8. The minimum atomic E-state index is -3.42. The van der Waals surface area contributed by atoms with Crippen molar-refractivity contribution < 1.29 is 12.8 Å². The number of furan rings is 1. The molecule has 0 atom stereocenters. The van der Waals surface area contributed by atoms with Crippen LogP contribution >= 0.6 is 0 Å². The smallest absolute Gasteiger partial charge is 0.158 e. The average molecular weight is 601 g/mol. The van der Waals surface area contributed by atoms with Crippen LogP contribution in [0, 0.1) is 11.3 Å². The molecule has 0 amide bonds. The molecular formula is C39H24N2O3S. The number of hydrogen-bond donors (Lipinski definition) is 0. The van der Waals surface area contributed by atoms with Crippen molar-refractivity contribution in [3.8, 4) is 34.0 Å². The summed E-state index contributed by atoms with van der Waals surface area (Å²) in [5.41, 5.74) is 10.6. The number of nitrogens with zero attached hydrogens (tertiary/aromatic N) is 2. The van der Waals surface area contributed by atoms with Gasteiger partial charge in [-0.15, -0.1) is 0 Å². The van der Waals surface area contributed by atoms with Gasteiger partial charge in [0.2, 0.25) is 0 Å². The van der Waals surface area contributed by atoms with E-state index in [1.807, 2.05) is 78.9 Å². The van der Waals surface area contributed by atoms with Gasteiger partial charge in [0, 0.05) is 27.2 Å². The van der Waals surface area contributed by atoms with E-state index >= 15 is 0 Å². The Hall–Kier alpha value is -5.64. The maximum Gasteiger partial charge on any atom is 0.158 e. The van der Waals surface area contributed by atoms with E-state index in [4.69, 9.17) is 4.42 Å². The molecule has 0 aliphatic carbocycles. The molecule has 2 aromatic heterocycles. The second-order valence-corrected chi connectivity index (χ2v) is 13.8. The summed E-state index contributed by atoms with van der Waals surface area (Å²) in [6, 6.07) is 42.5. The van der Waals surface area contributed by atoms with Crippen LogP contribution in [0.3, 0.4) is 0 Å². The molecule has 9 rings (SSSR count). The summed E-state index contributed by atoms with van der Waals surface area (Å²) in [5, 5.41) is 13.7. The first-order valence-corrected chi connectivity index (χ1v) is 16.6. The van der Waals surface area contributed by atoms with Crippen molar-refractivity contribution in [2.75, 3.05) is 0 Å². The van der Waals surface area contributed by atoms with Gasteiger partial charge in [0.05, 0.1) is 34.2 Å². The number of rotatable bonds is 2. The fraction of sp³-hybridized carbons (Fsp3) is 0.0513. The van der Waals surface area contributed by atoms with Crippen molar-refractivity contribution in [2.45, 2.75) is 11.5 Å². The van der Waals surface area contributed by atoms with E-state index < -0.39 is 9.84 Å². The Kier molecular flexibility index (Phi) is 5.41. The van der Waals surface area contributed by atoms with E-state index in [0.717, 1.165) is 82.8 Å². The van der Waals surface area contributed by atoms with Crippen LogP contribution < -0.4 is 0 Å². The van der Waals surface area contributed by atoms with E-state index in [-0.39, 0.29) is 11.5 Å². The summed E-state index contributed by atoms with van der Waals surface area (Å²) in [7, 11) is -3.42. The molecule has 0 fully saturated rings. The largest absolute Gasteiger partial charge is 0.456 e. The van der Waals surface area contributed by atoms with Gasteiger partial charge in [0.1, 0.15) is 11.2 Å². The van der Waals surface area contributed by atoms with Crippen molar-refractivity contribution in [3.63, 3.8) is 0 Å². The maximum absolute atomic E-state index is 13.5. The average Bonchev–Trinajstić information content (AvgIpc) is 3.56. The minimum absolute atomic E-state index is 0.0161. The first kappa shape index (κ1) is 25.8. The minimum Gasteiger partial charge on any atom is -0.456 e. The van der Waals surface area contributed by atoms with E-state index in [9.17, 15) is 13.7 Å². The normalized spacial score (nSPS) is 13.9. The van der Waals surface area contributed by atoms with Gasteiger partial charge < -0.3 is 8.98 Å². The number of fused-ring (bicyclic) bond motifs is 9. The highest BCUT2D eigenvalue weighted by atomic mass is 32.2. The van der Waals surface area contributed by atoms with Crippen molar-refractivity contribution in [1.29, 1.82) is 5.26 Å². The fourth-order valence-corrected chi connectivity index (χ4v) is 8.62. The van der Waals surface area contributed by atoms with Crippen molar-refractivity contribution in [2.24, 2.45) is 0 Å². The zero-order chi connectivity index (χ0) is 30.3. The number of benzene rings is 6. The van der Waals surface area contributed by atoms with Gasteiger partial charge in [0.15, 0.2) is 9.84 Å². The Bertz CT molecular complexity index is 2690. The quantitative estimate of drug-likeness (QED) is 0.198. The molecule has 45 heavy (non-hydrogen) atoms. The Morgan fingerprint density at radius 3 is 2.29 bits per heavy atom. The van der Waals surface area contributed by atoms with E-state index in [1.54, 1.807) is 0 Å². The number of hydrogen-bond acceptors (Lipinski definition) is 4. The number of para-hydroxylation sites is 2. The Labute approximate surface area is 259 Å². The van der Waals surface area contributed by atoms with Crippen molar-refractivity contribution >= 4 is 53.6 Å². The first-order valence-electron chi connectivity index (χ1n) is 14.8. The van der Waals surface area contributed by atoms with Crippen LogP contribution in [0.1, 0.15) is 16.7 Å². The Morgan fingerprint density at radius 1 is 0.622 bits per heavy atom. The SMILES string of the molecule is N#Cc1ccc2c(c1)c1ccccc1n2-c1ccc2c(c1)CS(=O)(=O)Cc1ccc(-c3cccc4oc5ccccc5c34)cc1-2. The monoisotopic (exact) mass is 600 g/mol. The lowest BCUT2D eigenvalue weighted by Gasteiger charge is -2.15. The molecule has 5 nitrogen and oxygen atoms in total. The number of aromatic nitrogens is 1. The van der Waals surface area contributed by atoms with Crippen molar-refractivity contribution in [1.82, 2.24) is 4.57 Å². The zero-order valence-electron chi connectivity index (χ0n) is 24.0. The van der Waals surface area contributed by atoms with Gasteiger partial charge in [-0.3, -0.25) is 0 Å². The van der Waals surface area contributed by atoms with Gasteiger partial charge in [-0.2, -0.15) is 5.26 Å². The lowest BCUT2D eigenvalue weighted by Crippen LogP contribution is -2.06. The van der Waals surface area contributed by atoms with Gasteiger partial charge in [-0.05, 0) is 88.0 Å². The van der Waals surface area contributed by atoms with E-state index in [1.165, 1.54) is 0 Å². The van der Waals surface area contributed by atoms with Gasteiger partial charge in [0.25, 0.3) is 0 Å². The first-order chi connectivity index (χ1) is 22.0. The molecule has 0 N–H and O–H groups in total. The molecule has 0 bridgehead atoms. The highest BCUT2D eigenvalue weighted by Crippen LogP contribution is 2.42. The van der Waals surface area contributed by atoms with Crippen LogP contribution in [-0.2, 0) is 21.3 Å². The van der Waals surface area contributed by atoms with Crippen LogP contribution in [0.5, 0.6) is 0 Å². The third kappa shape index (κ3) is 3.95. The maximum atomic E-state index is 13.5. The molecule has 214 valence electrons. The molecule has 6 heteroatoms. The van der Waals surface area contributed by atoms with Crippen LogP contribution in [0.25, 0.3) is 71.7 Å². The molecule has 0 saturated carbocycles. The summed E-state index contributed by atoms with van der Waals surface area (Å²) in [6.45, 7) is 0. The predicted octanol–water partition coefficient (Wildman–Crippen LogP) is 9.32. The standard InChI is InChI=1S/C39H24N2O3S/c40-21-24-12-17-36-34(18-24)31-6-1-3-9-35(31)41(36)28-15-16-29-27(19-28)23-45(42,43)22-26-14-13-25(20-33(26)29)30-8-5-11-38-39(30)32-7-2-4-10-37(32)44-38/h1-20H,22-23H2. The molecule has 1 aliphatic rings. The lowest BCUT2D eigenvalue weighted by molar-refractivity contribution is 0.595. The van der Waals surface area contributed by atoms with Crippen LogP contribution in [0.2, 0.25) is 0 Å². The lowest BCUT2D eigenvalue weighted by atomic mass is 9.91. The molecule has 0 spiro atoms. The predicted molar refractivity (Wildman–Crippen MR) is 180 cm³/mol.